The third-order valence-corrected chi connectivity index (χ3v) is 5.33. The first-order chi connectivity index (χ1) is 10.7. The van der Waals surface area contributed by atoms with Crippen LogP contribution in [0.15, 0.2) is 30.3 Å². The maximum atomic E-state index is 12.4. The maximum absolute atomic E-state index is 12.4. The molecule has 0 aromatic heterocycles. The lowest BCUT2D eigenvalue weighted by molar-refractivity contribution is -0.156. The highest BCUT2D eigenvalue weighted by Gasteiger charge is 2.62. The Hall–Kier alpha value is -0.950. The van der Waals surface area contributed by atoms with Crippen molar-refractivity contribution in [2.45, 2.75) is 49.2 Å². The van der Waals surface area contributed by atoms with Gasteiger partial charge in [0.15, 0.2) is 0 Å². The first kappa shape index (κ1) is 16.9. The highest BCUT2D eigenvalue weighted by molar-refractivity contribution is 8.93. The zero-order chi connectivity index (χ0) is 15.3. The van der Waals surface area contributed by atoms with Gasteiger partial charge in [-0.3, -0.25) is 9.69 Å². The molecular weight excluding hydrogens is 362 g/mol. The van der Waals surface area contributed by atoms with Gasteiger partial charge in [-0.25, -0.2) is 0 Å². The third-order valence-electron chi connectivity index (χ3n) is 5.33. The van der Waals surface area contributed by atoms with Crippen LogP contribution in [0.2, 0.25) is 0 Å². The lowest BCUT2D eigenvalue weighted by atomic mass is 9.97. The van der Waals surface area contributed by atoms with Crippen LogP contribution in [0.25, 0.3) is 0 Å². The lowest BCUT2D eigenvalue weighted by Crippen LogP contribution is -2.48. The number of fused-ring (bicyclic) bond motifs is 5. The summed E-state index contributed by atoms with van der Waals surface area (Å²) in [6.07, 6.45) is 2.26. The Kier molecular flexibility index (Phi) is 4.78. The molecule has 3 fully saturated rings. The average Bonchev–Trinajstić information content (AvgIpc) is 3.27. The minimum atomic E-state index is -0.593. The SMILES string of the molecule is Br.CN1C2CC(OC(=O)C(CO)c3ccccc3)C[C@@H]1[C@H]1OC21. The van der Waals surface area contributed by atoms with Crippen molar-refractivity contribution in [1.82, 2.24) is 4.90 Å². The van der Waals surface area contributed by atoms with Gasteiger partial charge in [0.2, 0.25) is 0 Å². The fourth-order valence-electron chi connectivity index (χ4n) is 4.04. The Balaban J connectivity index is 0.00000156. The first-order valence-electron chi connectivity index (χ1n) is 7.92. The number of aliphatic hydroxyl groups excluding tert-OH is 1. The summed E-state index contributed by atoms with van der Waals surface area (Å²) in [4.78, 5) is 14.8. The molecule has 0 spiro atoms. The number of nitrogens with zero attached hydrogens (tertiary/aromatic N) is 1. The number of esters is 1. The number of aliphatic hydroxyl groups is 1. The molecule has 1 N–H and O–H groups in total. The number of epoxide rings is 1. The van der Waals surface area contributed by atoms with Gasteiger partial charge in [0, 0.05) is 24.9 Å². The van der Waals surface area contributed by atoms with Crippen molar-refractivity contribution in [2.24, 2.45) is 0 Å². The van der Waals surface area contributed by atoms with Gasteiger partial charge >= 0.3 is 5.97 Å². The molecule has 2 bridgehead atoms. The van der Waals surface area contributed by atoms with Crippen LogP contribution in [-0.2, 0) is 14.3 Å². The molecule has 6 heteroatoms. The minimum absolute atomic E-state index is 0. The summed E-state index contributed by atoms with van der Waals surface area (Å²) in [6.45, 7) is -0.226. The second-order valence-electron chi connectivity index (χ2n) is 6.54. The van der Waals surface area contributed by atoms with Crippen LogP contribution < -0.4 is 0 Å². The van der Waals surface area contributed by atoms with E-state index in [4.69, 9.17) is 9.47 Å². The van der Waals surface area contributed by atoms with Gasteiger partial charge in [-0.2, -0.15) is 0 Å². The van der Waals surface area contributed by atoms with Crippen molar-refractivity contribution in [3.63, 3.8) is 0 Å². The number of halogens is 1. The van der Waals surface area contributed by atoms with Crippen LogP contribution in [0, 0.1) is 0 Å². The molecule has 1 aromatic carbocycles. The molecule has 23 heavy (non-hydrogen) atoms. The Morgan fingerprint density at radius 2 is 1.91 bits per heavy atom. The van der Waals surface area contributed by atoms with E-state index in [1.807, 2.05) is 30.3 Å². The van der Waals surface area contributed by atoms with Gasteiger partial charge in [0.1, 0.15) is 24.2 Å². The summed E-state index contributed by atoms with van der Waals surface area (Å²) >= 11 is 0. The number of hydrogen-bond donors (Lipinski definition) is 1. The fraction of sp³-hybridized carbons (Fsp3) is 0.588. The van der Waals surface area contributed by atoms with Crippen LogP contribution >= 0.6 is 17.0 Å². The number of benzene rings is 1. The predicted molar refractivity (Wildman–Crippen MR) is 89.7 cm³/mol. The van der Waals surface area contributed by atoms with Gasteiger partial charge in [-0.05, 0) is 12.6 Å². The number of rotatable bonds is 4. The molecule has 0 aliphatic carbocycles. The maximum Gasteiger partial charge on any atom is 0.316 e. The van der Waals surface area contributed by atoms with Crippen molar-refractivity contribution in [3.05, 3.63) is 35.9 Å². The first-order valence-corrected chi connectivity index (χ1v) is 7.92. The Labute approximate surface area is 146 Å². The minimum Gasteiger partial charge on any atom is -0.462 e. The van der Waals surface area contributed by atoms with Crippen LogP contribution in [0.1, 0.15) is 24.3 Å². The van der Waals surface area contributed by atoms with E-state index in [1.165, 1.54) is 0 Å². The molecule has 3 saturated heterocycles. The summed E-state index contributed by atoms with van der Waals surface area (Å²) in [5, 5.41) is 9.56. The molecule has 6 atom stereocenters. The van der Waals surface area contributed by atoms with Crippen molar-refractivity contribution >= 4 is 23.0 Å². The van der Waals surface area contributed by atoms with E-state index in [2.05, 4.69) is 11.9 Å². The van der Waals surface area contributed by atoms with Gasteiger partial charge in [-0.15, -0.1) is 17.0 Å². The average molecular weight is 384 g/mol. The summed E-state index contributed by atoms with van der Waals surface area (Å²) in [7, 11) is 2.13. The van der Waals surface area contributed by atoms with Crippen LogP contribution in [-0.4, -0.2) is 60.0 Å². The molecule has 4 unspecified atom stereocenters. The molecule has 126 valence electrons. The highest BCUT2D eigenvalue weighted by Crippen LogP contribution is 2.48. The van der Waals surface area contributed by atoms with Crippen LogP contribution in [0.4, 0.5) is 0 Å². The molecule has 3 aliphatic heterocycles. The summed E-state index contributed by atoms with van der Waals surface area (Å²) in [5.41, 5.74) is 0.803. The van der Waals surface area contributed by atoms with Crippen LogP contribution in [0.3, 0.4) is 0 Å². The van der Waals surface area contributed by atoms with E-state index in [1.54, 1.807) is 0 Å². The number of carbonyl (C=O) groups excluding carboxylic acids is 1. The summed E-state index contributed by atoms with van der Waals surface area (Å²) < 4.78 is 11.4. The molecule has 0 radical (unpaired) electrons. The smallest absolute Gasteiger partial charge is 0.316 e. The molecule has 1 aromatic rings. The Bertz CT molecular complexity index is 551. The standard InChI is InChI=1S/C17H21NO4.BrH/c1-18-13-7-11(8-14(18)16-15(13)22-16)21-17(20)12(9-19)10-5-3-2-4-6-10;/h2-6,11-16,19H,7-9H2,1H3;1H/t11?,12?,13-,14?,15-,16?;/m1./s1. The molecule has 0 saturated carbocycles. The van der Waals surface area contributed by atoms with E-state index in [0.29, 0.717) is 24.3 Å². The van der Waals surface area contributed by atoms with E-state index >= 15 is 0 Å². The number of hydrogen-bond acceptors (Lipinski definition) is 5. The Morgan fingerprint density at radius 1 is 1.30 bits per heavy atom. The monoisotopic (exact) mass is 383 g/mol. The normalized spacial score (nSPS) is 35.8. The van der Waals surface area contributed by atoms with Crippen molar-refractivity contribution < 1.29 is 19.4 Å². The van der Waals surface area contributed by atoms with Crippen LogP contribution in [0.5, 0.6) is 0 Å². The number of ether oxygens (including phenoxy) is 2. The van der Waals surface area contributed by atoms with Crippen molar-refractivity contribution in [3.8, 4) is 0 Å². The molecule has 3 heterocycles. The van der Waals surface area contributed by atoms with E-state index in [9.17, 15) is 9.90 Å². The number of carbonyl (C=O) groups is 1. The fourth-order valence-corrected chi connectivity index (χ4v) is 4.04. The molecule has 4 rings (SSSR count). The second-order valence-corrected chi connectivity index (χ2v) is 6.54. The molecule has 3 aliphatic rings. The predicted octanol–water partition coefficient (Wildman–Crippen LogP) is 1.50. The summed E-state index contributed by atoms with van der Waals surface area (Å²) in [6, 6.07) is 10.1. The zero-order valence-corrected chi connectivity index (χ0v) is 14.7. The van der Waals surface area contributed by atoms with Gasteiger partial charge in [0.05, 0.1) is 6.61 Å². The van der Waals surface area contributed by atoms with E-state index in [-0.39, 0.29) is 35.7 Å². The lowest BCUT2D eigenvalue weighted by Gasteiger charge is -2.38. The zero-order valence-electron chi connectivity index (χ0n) is 13.0. The summed E-state index contributed by atoms with van der Waals surface area (Å²) in [5.74, 6) is -0.915. The van der Waals surface area contributed by atoms with Gasteiger partial charge in [-0.1, -0.05) is 30.3 Å². The number of morpholine rings is 1. The number of likely N-dealkylation sites (N-methyl/N-ethyl adjacent to an activating group) is 1. The topological polar surface area (TPSA) is 62.3 Å². The quantitative estimate of drug-likeness (QED) is 0.630. The third kappa shape index (κ3) is 2.93. The van der Waals surface area contributed by atoms with E-state index < -0.39 is 5.92 Å². The second kappa shape index (κ2) is 6.51. The Morgan fingerprint density at radius 3 is 2.48 bits per heavy atom. The van der Waals surface area contributed by atoms with Crippen molar-refractivity contribution in [1.29, 1.82) is 0 Å². The van der Waals surface area contributed by atoms with Gasteiger partial charge < -0.3 is 14.6 Å². The van der Waals surface area contributed by atoms with Gasteiger partial charge in [0.25, 0.3) is 0 Å². The largest absolute Gasteiger partial charge is 0.462 e. The highest BCUT2D eigenvalue weighted by atomic mass is 79.9. The van der Waals surface area contributed by atoms with Crippen molar-refractivity contribution in [2.75, 3.05) is 13.7 Å². The van der Waals surface area contributed by atoms with E-state index in [0.717, 1.165) is 18.4 Å². The molecular formula is C17H22BrNO4. The number of piperidine rings is 1. The molecule has 0 amide bonds. The molecule has 5 nitrogen and oxygen atoms in total.